The van der Waals surface area contributed by atoms with Gasteiger partial charge in [0.15, 0.2) is 0 Å². The van der Waals surface area contributed by atoms with Gasteiger partial charge >= 0.3 is 11.9 Å². The van der Waals surface area contributed by atoms with E-state index in [1.54, 1.807) is 0 Å². The summed E-state index contributed by atoms with van der Waals surface area (Å²) in [5, 5.41) is 17.2. The van der Waals surface area contributed by atoms with Gasteiger partial charge in [0.25, 0.3) is 0 Å². The normalized spacial score (nSPS) is 10.2. The number of carbonyl (C=O) groups excluding carboxylic acids is 1. The van der Waals surface area contributed by atoms with Gasteiger partial charge < -0.3 is 15.1 Å². The van der Waals surface area contributed by atoms with E-state index in [-0.39, 0.29) is 18.9 Å². The minimum absolute atomic E-state index is 0.247. The van der Waals surface area contributed by atoms with E-state index in [9.17, 15) is 14.4 Å². The first-order chi connectivity index (χ1) is 10.5. The predicted octanol–water partition coefficient (Wildman–Crippen LogP) is 2.68. The largest absolute Gasteiger partial charge is 0.481 e. The van der Waals surface area contributed by atoms with E-state index < -0.39 is 11.9 Å². The van der Waals surface area contributed by atoms with Gasteiger partial charge in [-0.2, -0.15) is 0 Å². The maximum atomic E-state index is 11.5. The molecule has 0 aromatic rings. The first-order valence-electron chi connectivity index (χ1n) is 7.82. The number of carbonyl (C=O) groups is 3. The van der Waals surface area contributed by atoms with Crippen molar-refractivity contribution >= 4 is 17.8 Å². The summed E-state index contributed by atoms with van der Waals surface area (Å²) in [7, 11) is 0. The minimum atomic E-state index is -1.02. The highest BCUT2D eigenvalue weighted by Crippen LogP contribution is 2.10. The van der Waals surface area contributed by atoms with Gasteiger partial charge in [-0.15, -0.1) is 0 Å². The monoisotopic (exact) mass is 313 g/mol. The third kappa shape index (κ3) is 11.9. The van der Waals surface area contributed by atoms with Crippen LogP contribution in [0.2, 0.25) is 0 Å². The van der Waals surface area contributed by atoms with E-state index in [1.165, 1.54) is 4.90 Å². The molecule has 126 valence electrons. The summed E-state index contributed by atoms with van der Waals surface area (Å²) in [5.41, 5.74) is 0. The van der Waals surface area contributed by atoms with Gasteiger partial charge in [-0.05, 0) is 18.9 Å². The van der Waals surface area contributed by atoms with Crippen LogP contribution < -0.4 is 0 Å². The molecule has 0 unspecified atom stereocenters. The number of carboxylic acid groups (broad SMARTS) is 2. The molecule has 6 heteroatoms. The van der Waals surface area contributed by atoms with Crippen LogP contribution in [0.5, 0.6) is 0 Å². The van der Waals surface area contributed by atoms with Crippen molar-refractivity contribution in [2.75, 3.05) is 13.1 Å². The van der Waals surface area contributed by atoms with Crippen molar-refractivity contribution in [3.8, 4) is 0 Å². The molecule has 22 heavy (non-hydrogen) atoms. The fourth-order valence-corrected chi connectivity index (χ4v) is 2.20. The summed E-state index contributed by atoms with van der Waals surface area (Å²) in [6.07, 6.45) is 9.08. The molecule has 6 nitrogen and oxygen atoms in total. The van der Waals surface area contributed by atoms with Crippen LogP contribution in [0, 0.1) is 0 Å². The second-order valence-corrected chi connectivity index (χ2v) is 5.33. The Morgan fingerprint density at radius 2 is 1.32 bits per heavy atom. The lowest BCUT2D eigenvalue weighted by molar-refractivity contribution is -0.142. The predicted molar refractivity (Wildman–Crippen MR) is 83.6 cm³/mol. The van der Waals surface area contributed by atoms with E-state index in [1.807, 2.05) is 0 Å². The van der Waals surface area contributed by atoms with Crippen LogP contribution in [-0.4, -0.2) is 46.0 Å². The molecular weight excluding hydrogens is 286 g/mol. The molecule has 0 bridgehead atoms. The highest BCUT2D eigenvalue weighted by atomic mass is 16.4. The van der Waals surface area contributed by atoms with Crippen molar-refractivity contribution in [1.82, 2.24) is 4.90 Å². The van der Waals surface area contributed by atoms with E-state index in [0.29, 0.717) is 6.54 Å². The van der Waals surface area contributed by atoms with Gasteiger partial charge in [0, 0.05) is 13.0 Å². The van der Waals surface area contributed by atoms with Crippen molar-refractivity contribution in [3.63, 3.8) is 0 Å². The van der Waals surface area contributed by atoms with Gasteiger partial charge in [0.05, 0.1) is 0 Å². The summed E-state index contributed by atoms with van der Waals surface area (Å²) in [5.74, 6) is -2.10. The SMILES string of the molecule is C=CC(=O)N(CCCCCCCCCCC(=O)O)CC(=O)O. The third-order valence-corrected chi connectivity index (χ3v) is 3.38. The molecule has 0 aromatic carbocycles. The van der Waals surface area contributed by atoms with Crippen LogP contribution in [0.3, 0.4) is 0 Å². The van der Waals surface area contributed by atoms with Crippen LogP contribution in [0.4, 0.5) is 0 Å². The second kappa shape index (κ2) is 12.9. The number of nitrogens with zero attached hydrogens (tertiary/aromatic N) is 1. The van der Waals surface area contributed by atoms with Crippen molar-refractivity contribution in [2.24, 2.45) is 0 Å². The van der Waals surface area contributed by atoms with Crippen molar-refractivity contribution in [3.05, 3.63) is 12.7 Å². The van der Waals surface area contributed by atoms with Gasteiger partial charge in [0.1, 0.15) is 6.54 Å². The molecule has 1 amide bonds. The molecule has 0 aliphatic carbocycles. The van der Waals surface area contributed by atoms with E-state index in [2.05, 4.69) is 6.58 Å². The topological polar surface area (TPSA) is 94.9 Å². The number of rotatable bonds is 14. The Labute approximate surface area is 131 Å². The summed E-state index contributed by atoms with van der Waals surface area (Å²) in [6.45, 7) is 3.53. The highest BCUT2D eigenvalue weighted by molar-refractivity contribution is 5.89. The summed E-state index contributed by atoms with van der Waals surface area (Å²) in [4.78, 5) is 33.8. The van der Waals surface area contributed by atoms with Crippen LogP contribution in [0.15, 0.2) is 12.7 Å². The molecule has 0 atom stereocenters. The number of unbranched alkanes of at least 4 members (excludes halogenated alkanes) is 7. The van der Waals surface area contributed by atoms with Crippen LogP contribution in [0.1, 0.15) is 57.8 Å². The average molecular weight is 313 g/mol. The fraction of sp³-hybridized carbons (Fsp3) is 0.688. The molecule has 0 spiro atoms. The molecule has 0 aromatic heterocycles. The number of carboxylic acids is 2. The molecule has 0 rings (SSSR count). The van der Waals surface area contributed by atoms with Crippen molar-refractivity contribution in [2.45, 2.75) is 57.8 Å². The Balaban J connectivity index is 3.57. The summed E-state index contributed by atoms with van der Waals surface area (Å²) < 4.78 is 0. The Morgan fingerprint density at radius 1 is 0.818 bits per heavy atom. The van der Waals surface area contributed by atoms with Crippen LogP contribution in [0.25, 0.3) is 0 Å². The van der Waals surface area contributed by atoms with Crippen LogP contribution in [-0.2, 0) is 14.4 Å². The molecule has 0 saturated carbocycles. The Bertz CT molecular complexity index is 368. The maximum Gasteiger partial charge on any atom is 0.323 e. The molecule has 0 aliphatic heterocycles. The van der Waals surface area contributed by atoms with E-state index >= 15 is 0 Å². The minimum Gasteiger partial charge on any atom is -0.481 e. The first kappa shape index (κ1) is 20.1. The lowest BCUT2D eigenvalue weighted by Crippen LogP contribution is -2.35. The quantitative estimate of drug-likeness (QED) is 0.380. The number of aliphatic carboxylic acids is 2. The molecular formula is C16H27NO5. The zero-order valence-corrected chi connectivity index (χ0v) is 13.1. The number of hydrogen-bond acceptors (Lipinski definition) is 3. The van der Waals surface area contributed by atoms with Crippen molar-refractivity contribution in [1.29, 1.82) is 0 Å². The lowest BCUT2D eigenvalue weighted by Gasteiger charge is -2.18. The smallest absolute Gasteiger partial charge is 0.323 e. The highest BCUT2D eigenvalue weighted by Gasteiger charge is 2.13. The second-order valence-electron chi connectivity index (χ2n) is 5.33. The van der Waals surface area contributed by atoms with Crippen LogP contribution >= 0.6 is 0 Å². The zero-order valence-electron chi connectivity index (χ0n) is 13.1. The number of hydrogen-bond donors (Lipinski definition) is 2. The van der Waals surface area contributed by atoms with Gasteiger partial charge in [-0.3, -0.25) is 14.4 Å². The van der Waals surface area contributed by atoms with Gasteiger partial charge in [-0.1, -0.05) is 45.1 Å². The lowest BCUT2D eigenvalue weighted by atomic mass is 10.1. The molecule has 0 fully saturated rings. The molecule has 0 radical (unpaired) electrons. The summed E-state index contributed by atoms with van der Waals surface area (Å²) in [6, 6.07) is 0. The molecule has 2 N–H and O–H groups in total. The fourth-order valence-electron chi connectivity index (χ4n) is 2.20. The Kier molecular flexibility index (Phi) is 11.8. The molecule has 0 aliphatic rings. The van der Waals surface area contributed by atoms with Crippen molar-refractivity contribution < 1.29 is 24.6 Å². The Hall–Kier alpha value is -1.85. The third-order valence-electron chi connectivity index (χ3n) is 3.38. The molecule has 0 heterocycles. The Morgan fingerprint density at radius 3 is 1.77 bits per heavy atom. The van der Waals surface area contributed by atoms with Gasteiger partial charge in [-0.25, -0.2) is 0 Å². The maximum absolute atomic E-state index is 11.5. The summed E-state index contributed by atoms with van der Waals surface area (Å²) >= 11 is 0. The first-order valence-corrected chi connectivity index (χ1v) is 7.82. The zero-order chi connectivity index (χ0) is 16.8. The molecule has 0 saturated heterocycles. The standard InChI is InChI=1S/C16H27NO5/c1-2-14(18)17(13-16(21)22)12-10-8-6-4-3-5-7-9-11-15(19)20/h2H,1,3-13H2,(H,19,20)(H,21,22). The van der Waals surface area contributed by atoms with E-state index in [4.69, 9.17) is 10.2 Å². The van der Waals surface area contributed by atoms with E-state index in [0.717, 1.165) is 57.4 Å². The number of amides is 1. The average Bonchev–Trinajstić information content (AvgIpc) is 2.46. The van der Waals surface area contributed by atoms with Gasteiger partial charge in [0.2, 0.25) is 5.91 Å².